The van der Waals surface area contributed by atoms with Gasteiger partial charge >= 0.3 is 0 Å². The first-order valence-corrected chi connectivity index (χ1v) is 6.57. The third-order valence-electron chi connectivity index (χ3n) is 3.41. The molecule has 0 bridgehead atoms. The largest absolute Gasteiger partial charge is 0.492 e. The number of amides is 1. The molecule has 1 amide bonds. The molecule has 0 fully saturated rings. The lowest BCUT2D eigenvalue weighted by Gasteiger charge is -2.24. The van der Waals surface area contributed by atoms with Gasteiger partial charge in [0.25, 0.3) is 0 Å². The van der Waals surface area contributed by atoms with Gasteiger partial charge in [0.2, 0.25) is 5.91 Å². The van der Waals surface area contributed by atoms with Crippen molar-refractivity contribution in [2.45, 2.75) is 19.8 Å². The third kappa shape index (κ3) is 2.70. The predicted octanol–water partition coefficient (Wildman–Crippen LogP) is 2.17. The van der Waals surface area contributed by atoms with Crippen molar-refractivity contribution in [1.82, 2.24) is 4.90 Å². The van der Waals surface area contributed by atoms with Gasteiger partial charge in [-0.05, 0) is 19.9 Å². The standard InChI is InChI=1S/C15H18N2O2/c1-3-17(9-11(2)8-16)15(18)13-10-19-14-7-5-4-6-12(13)14/h4-7,11,13H,3,9-10H2,1-2H3. The van der Waals surface area contributed by atoms with E-state index in [1.807, 2.05) is 38.1 Å². The van der Waals surface area contributed by atoms with Crippen LogP contribution in [0.5, 0.6) is 5.75 Å². The summed E-state index contributed by atoms with van der Waals surface area (Å²) in [6.45, 7) is 5.25. The molecule has 0 radical (unpaired) electrons. The van der Waals surface area contributed by atoms with E-state index in [-0.39, 0.29) is 17.7 Å². The predicted molar refractivity (Wildman–Crippen MR) is 71.7 cm³/mol. The maximum Gasteiger partial charge on any atom is 0.233 e. The van der Waals surface area contributed by atoms with Gasteiger partial charge in [0, 0.05) is 18.7 Å². The number of hydrogen-bond acceptors (Lipinski definition) is 3. The van der Waals surface area contributed by atoms with E-state index in [0.29, 0.717) is 19.7 Å². The molecule has 0 aliphatic carbocycles. The number of benzene rings is 1. The summed E-state index contributed by atoms with van der Waals surface area (Å²) in [6, 6.07) is 9.81. The Labute approximate surface area is 113 Å². The summed E-state index contributed by atoms with van der Waals surface area (Å²) in [6.07, 6.45) is 0. The number of nitriles is 1. The first-order chi connectivity index (χ1) is 9.17. The maximum absolute atomic E-state index is 12.5. The molecule has 4 nitrogen and oxygen atoms in total. The van der Waals surface area contributed by atoms with Gasteiger partial charge in [-0.2, -0.15) is 5.26 Å². The summed E-state index contributed by atoms with van der Waals surface area (Å²) in [4.78, 5) is 14.3. The van der Waals surface area contributed by atoms with Crippen molar-refractivity contribution in [3.05, 3.63) is 29.8 Å². The van der Waals surface area contributed by atoms with Crippen LogP contribution in [-0.4, -0.2) is 30.5 Å². The minimum Gasteiger partial charge on any atom is -0.492 e. The average molecular weight is 258 g/mol. The fraction of sp³-hybridized carbons (Fsp3) is 0.467. The van der Waals surface area contributed by atoms with Crippen LogP contribution in [0.1, 0.15) is 25.3 Å². The van der Waals surface area contributed by atoms with Crippen LogP contribution in [-0.2, 0) is 4.79 Å². The zero-order valence-electron chi connectivity index (χ0n) is 11.3. The van der Waals surface area contributed by atoms with Crippen molar-refractivity contribution in [2.75, 3.05) is 19.7 Å². The lowest BCUT2D eigenvalue weighted by molar-refractivity contribution is -0.133. The molecule has 0 saturated carbocycles. The molecule has 2 rings (SSSR count). The van der Waals surface area contributed by atoms with E-state index >= 15 is 0 Å². The zero-order chi connectivity index (χ0) is 13.8. The molecule has 19 heavy (non-hydrogen) atoms. The van der Waals surface area contributed by atoms with Gasteiger partial charge in [-0.25, -0.2) is 0 Å². The number of rotatable bonds is 4. The Morgan fingerprint density at radius 3 is 3.00 bits per heavy atom. The van der Waals surface area contributed by atoms with E-state index in [0.717, 1.165) is 11.3 Å². The van der Waals surface area contributed by atoms with E-state index in [1.54, 1.807) is 4.90 Å². The van der Waals surface area contributed by atoms with E-state index < -0.39 is 0 Å². The van der Waals surface area contributed by atoms with Gasteiger partial charge in [-0.1, -0.05) is 18.2 Å². The fourth-order valence-electron chi connectivity index (χ4n) is 2.33. The topological polar surface area (TPSA) is 53.3 Å². The first-order valence-electron chi connectivity index (χ1n) is 6.57. The smallest absolute Gasteiger partial charge is 0.233 e. The van der Waals surface area contributed by atoms with E-state index in [9.17, 15) is 4.79 Å². The molecule has 4 heteroatoms. The second-order valence-corrected chi connectivity index (χ2v) is 4.81. The van der Waals surface area contributed by atoms with Crippen LogP contribution < -0.4 is 4.74 Å². The van der Waals surface area contributed by atoms with Crippen LogP contribution >= 0.6 is 0 Å². The molecule has 0 spiro atoms. The highest BCUT2D eigenvalue weighted by Crippen LogP contribution is 2.34. The zero-order valence-corrected chi connectivity index (χ0v) is 11.3. The monoisotopic (exact) mass is 258 g/mol. The molecular weight excluding hydrogens is 240 g/mol. The summed E-state index contributed by atoms with van der Waals surface area (Å²) in [7, 11) is 0. The highest BCUT2D eigenvalue weighted by atomic mass is 16.5. The molecule has 1 aromatic rings. The summed E-state index contributed by atoms with van der Waals surface area (Å²) in [5, 5.41) is 8.87. The molecule has 1 heterocycles. The van der Waals surface area contributed by atoms with Gasteiger partial charge < -0.3 is 9.64 Å². The molecule has 0 aromatic heterocycles. The average Bonchev–Trinajstić information content (AvgIpc) is 2.87. The van der Waals surface area contributed by atoms with Gasteiger partial charge in [0.15, 0.2) is 0 Å². The van der Waals surface area contributed by atoms with Crippen LogP contribution in [0.2, 0.25) is 0 Å². The Morgan fingerprint density at radius 1 is 1.58 bits per heavy atom. The van der Waals surface area contributed by atoms with Gasteiger partial charge in [0.1, 0.15) is 18.3 Å². The Hall–Kier alpha value is -2.02. The SMILES string of the molecule is CCN(CC(C)C#N)C(=O)C1COc2ccccc21. The molecule has 2 unspecified atom stereocenters. The van der Waals surface area contributed by atoms with Crippen LogP contribution in [0.4, 0.5) is 0 Å². The van der Waals surface area contributed by atoms with Gasteiger partial charge in [-0.15, -0.1) is 0 Å². The minimum absolute atomic E-state index is 0.0505. The normalized spacial score (nSPS) is 18.1. The minimum atomic E-state index is -0.234. The van der Waals surface area contributed by atoms with Crippen LogP contribution in [0.25, 0.3) is 0 Å². The van der Waals surface area contributed by atoms with Crippen molar-refractivity contribution in [1.29, 1.82) is 5.26 Å². The third-order valence-corrected chi connectivity index (χ3v) is 3.41. The summed E-state index contributed by atoms with van der Waals surface area (Å²) < 4.78 is 5.55. The molecule has 1 aromatic carbocycles. The van der Waals surface area contributed by atoms with E-state index in [1.165, 1.54) is 0 Å². The fourth-order valence-corrected chi connectivity index (χ4v) is 2.33. The van der Waals surface area contributed by atoms with Crippen molar-refractivity contribution in [3.63, 3.8) is 0 Å². The van der Waals surface area contributed by atoms with E-state index in [4.69, 9.17) is 10.00 Å². The quantitative estimate of drug-likeness (QED) is 0.831. The maximum atomic E-state index is 12.5. The van der Waals surface area contributed by atoms with Gasteiger partial charge in [-0.3, -0.25) is 4.79 Å². The molecule has 100 valence electrons. The number of likely N-dealkylation sites (N-methyl/N-ethyl adjacent to an activating group) is 1. The highest BCUT2D eigenvalue weighted by Gasteiger charge is 2.33. The summed E-state index contributed by atoms with van der Waals surface area (Å²) in [5.41, 5.74) is 0.954. The molecule has 1 aliphatic rings. The first kappa shape index (κ1) is 13.4. The summed E-state index contributed by atoms with van der Waals surface area (Å²) in [5.74, 6) is 0.461. The summed E-state index contributed by atoms with van der Waals surface area (Å²) >= 11 is 0. The lowest BCUT2D eigenvalue weighted by atomic mass is 9.99. The van der Waals surface area contributed by atoms with Crippen molar-refractivity contribution >= 4 is 5.91 Å². The Kier molecular flexibility index (Phi) is 4.06. The second-order valence-electron chi connectivity index (χ2n) is 4.81. The number of fused-ring (bicyclic) bond motifs is 1. The van der Waals surface area contributed by atoms with Crippen molar-refractivity contribution in [2.24, 2.45) is 5.92 Å². The number of ether oxygens (including phenoxy) is 1. The molecule has 2 atom stereocenters. The van der Waals surface area contributed by atoms with Crippen LogP contribution in [0.15, 0.2) is 24.3 Å². The van der Waals surface area contributed by atoms with Crippen LogP contribution in [0, 0.1) is 17.2 Å². The van der Waals surface area contributed by atoms with Crippen molar-refractivity contribution in [3.8, 4) is 11.8 Å². The van der Waals surface area contributed by atoms with Crippen LogP contribution in [0.3, 0.4) is 0 Å². The molecule has 1 aliphatic heterocycles. The number of carbonyl (C=O) groups excluding carboxylic acids is 1. The van der Waals surface area contributed by atoms with Gasteiger partial charge in [0.05, 0.1) is 12.0 Å². The Balaban J connectivity index is 2.14. The Morgan fingerprint density at radius 2 is 2.32 bits per heavy atom. The molecular formula is C15H18N2O2. The number of hydrogen-bond donors (Lipinski definition) is 0. The molecule has 0 saturated heterocycles. The lowest BCUT2D eigenvalue weighted by Crippen LogP contribution is -2.38. The van der Waals surface area contributed by atoms with Crippen molar-refractivity contribution < 1.29 is 9.53 Å². The Bertz CT molecular complexity index is 507. The number of nitrogens with zero attached hydrogens (tertiary/aromatic N) is 2. The second kappa shape index (κ2) is 5.75. The number of carbonyl (C=O) groups is 1. The number of para-hydroxylation sites is 1. The van der Waals surface area contributed by atoms with E-state index in [2.05, 4.69) is 6.07 Å². The highest BCUT2D eigenvalue weighted by molar-refractivity contribution is 5.85. The molecule has 0 N–H and O–H groups in total.